The van der Waals surface area contributed by atoms with Gasteiger partial charge in [0.1, 0.15) is 5.54 Å². The highest BCUT2D eigenvalue weighted by Gasteiger charge is 2.51. The van der Waals surface area contributed by atoms with Crippen molar-refractivity contribution in [1.82, 2.24) is 10.2 Å². The van der Waals surface area contributed by atoms with E-state index >= 15 is 0 Å². The molecule has 2 bridgehead atoms. The summed E-state index contributed by atoms with van der Waals surface area (Å²) in [4.78, 5) is 14.2. The Hall–Kier alpha value is -0.610. The third kappa shape index (κ3) is 1.55. The number of carbonyl (C=O) groups excluding carboxylic acids is 1. The minimum absolute atomic E-state index is 0.135. The molecular weight excluding hydrogens is 202 g/mol. The molecule has 1 aliphatic carbocycles. The van der Waals surface area contributed by atoms with Crippen molar-refractivity contribution in [2.75, 3.05) is 7.05 Å². The molecule has 3 aliphatic rings. The van der Waals surface area contributed by atoms with Gasteiger partial charge >= 0.3 is 0 Å². The largest absolute Gasteiger partial charge is 0.368 e. The molecule has 0 aromatic rings. The molecule has 0 aromatic carbocycles. The van der Waals surface area contributed by atoms with E-state index in [1.165, 1.54) is 25.7 Å². The maximum atomic E-state index is 11.8. The average molecular weight is 223 g/mol. The number of rotatable bonds is 3. The normalized spacial score (nSPS) is 43.6. The summed E-state index contributed by atoms with van der Waals surface area (Å²) in [6.07, 6.45) is 6.68. The van der Waals surface area contributed by atoms with Gasteiger partial charge in [-0.25, -0.2) is 0 Å². The van der Waals surface area contributed by atoms with Crippen LogP contribution in [0.25, 0.3) is 0 Å². The molecular formula is C12H21N3O. The Balaban J connectivity index is 1.81. The van der Waals surface area contributed by atoms with Crippen LogP contribution in [0.3, 0.4) is 0 Å². The zero-order chi connectivity index (χ0) is 11.3. The quantitative estimate of drug-likeness (QED) is 0.719. The van der Waals surface area contributed by atoms with Crippen molar-refractivity contribution >= 4 is 5.91 Å². The summed E-state index contributed by atoms with van der Waals surface area (Å²) in [6, 6.07) is 1.66. The van der Waals surface area contributed by atoms with Crippen LogP contribution >= 0.6 is 0 Å². The van der Waals surface area contributed by atoms with E-state index in [1.54, 1.807) is 0 Å². The van der Waals surface area contributed by atoms with E-state index in [1.807, 2.05) is 0 Å². The molecule has 3 rings (SSSR count). The van der Waals surface area contributed by atoms with Crippen LogP contribution in [-0.4, -0.2) is 41.5 Å². The van der Waals surface area contributed by atoms with E-state index in [4.69, 9.17) is 5.73 Å². The Morgan fingerprint density at radius 3 is 2.25 bits per heavy atom. The fraction of sp³-hybridized carbons (Fsp3) is 0.917. The van der Waals surface area contributed by atoms with E-state index in [0.29, 0.717) is 18.1 Å². The zero-order valence-corrected chi connectivity index (χ0v) is 9.91. The summed E-state index contributed by atoms with van der Waals surface area (Å²) in [5.74, 6) is -0.135. The van der Waals surface area contributed by atoms with E-state index in [2.05, 4.69) is 17.3 Å². The first-order chi connectivity index (χ1) is 7.61. The Labute approximate surface area is 96.5 Å². The number of piperidine rings is 1. The number of carbonyl (C=O) groups is 1. The molecule has 4 heteroatoms. The van der Waals surface area contributed by atoms with Crippen molar-refractivity contribution in [3.63, 3.8) is 0 Å². The third-order valence-electron chi connectivity index (χ3n) is 4.68. The summed E-state index contributed by atoms with van der Waals surface area (Å²) >= 11 is 0. The van der Waals surface area contributed by atoms with Crippen LogP contribution in [0.15, 0.2) is 0 Å². The van der Waals surface area contributed by atoms with E-state index in [9.17, 15) is 4.79 Å². The van der Waals surface area contributed by atoms with Crippen LogP contribution < -0.4 is 11.1 Å². The maximum Gasteiger partial charge on any atom is 0.237 e. The molecule has 2 atom stereocenters. The lowest BCUT2D eigenvalue weighted by Gasteiger charge is -2.44. The molecule has 3 fully saturated rings. The second-order valence-corrected chi connectivity index (χ2v) is 5.82. The predicted octanol–water partition coefficient (Wildman–Crippen LogP) is 0.219. The van der Waals surface area contributed by atoms with Crippen molar-refractivity contribution in [3.05, 3.63) is 0 Å². The molecule has 90 valence electrons. The van der Waals surface area contributed by atoms with E-state index < -0.39 is 5.54 Å². The topological polar surface area (TPSA) is 58.4 Å². The van der Waals surface area contributed by atoms with Crippen LogP contribution in [0.2, 0.25) is 0 Å². The lowest BCUT2D eigenvalue weighted by molar-refractivity contribution is -0.127. The van der Waals surface area contributed by atoms with Gasteiger partial charge in [-0.05, 0) is 45.6 Å². The summed E-state index contributed by atoms with van der Waals surface area (Å²) in [5.41, 5.74) is 5.25. The van der Waals surface area contributed by atoms with Gasteiger partial charge in [-0.2, -0.15) is 0 Å². The Kier molecular flexibility index (Phi) is 2.27. The molecule has 4 nitrogen and oxygen atoms in total. The fourth-order valence-electron chi connectivity index (χ4n) is 3.48. The third-order valence-corrected chi connectivity index (χ3v) is 4.68. The summed E-state index contributed by atoms with van der Waals surface area (Å²) in [7, 11) is 2.18. The Bertz CT molecular complexity index is 299. The molecule has 2 saturated heterocycles. The highest BCUT2D eigenvalue weighted by atomic mass is 16.1. The number of fused-ring (bicyclic) bond motifs is 2. The van der Waals surface area contributed by atoms with Crippen LogP contribution in [0.1, 0.15) is 38.5 Å². The summed E-state index contributed by atoms with van der Waals surface area (Å²) < 4.78 is 0. The number of primary amides is 1. The van der Waals surface area contributed by atoms with Gasteiger partial charge in [-0.3, -0.25) is 4.79 Å². The molecule has 16 heavy (non-hydrogen) atoms. The molecule has 3 N–H and O–H groups in total. The minimum atomic E-state index is -0.403. The lowest BCUT2D eigenvalue weighted by atomic mass is 9.82. The van der Waals surface area contributed by atoms with Crippen LogP contribution in [0, 0.1) is 0 Å². The first-order valence-corrected chi connectivity index (χ1v) is 6.40. The SMILES string of the molecule is CN1C2CCC1CC(NC1CC1)(C(N)=O)C2. The van der Waals surface area contributed by atoms with E-state index in [0.717, 1.165) is 12.8 Å². The lowest BCUT2D eigenvalue weighted by Crippen LogP contribution is -2.63. The molecule has 0 spiro atoms. The van der Waals surface area contributed by atoms with Gasteiger partial charge in [0.2, 0.25) is 5.91 Å². The van der Waals surface area contributed by atoms with Crippen molar-refractivity contribution in [1.29, 1.82) is 0 Å². The van der Waals surface area contributed by atoms with Gasteiger partial charge in [0.25, 0.3) is 0 Å². The van der Waals surface area contributed by atoms with Crippen molar-refractivity contribution in [2.24, 2.45) is 5.73 Å². The van der Waals surface area contributed by atoms with Gasteiger partial charge in [-0.1, -0.05) is 0 Å². The highest BCUT2D eigenvalue weighted by molar-refractivity contribution is 5.85. The second kappa shape index (κ2) is 3.44. The number of nitrogens with zero attached hydrogens (tertiary/aromatic N) is 1. The zero-order valence-electron chi connectivity index (χ0n) is 9.91. The van der Waals surface area contributed by atoms with Gasteiger partial charge in [0.15, 0.2) is 0 Å². The molecule has 2 unspecified atom stereocenters. The fourth-order valence-corrected chi connectivity index (χ4v) is 3.48. The molecule has 2 heterocycles. The summed E-state index contributed by atoms with van der Waals surface area (Å²) in [5, 5.41) is 3.53. The van der Waals surface area contributed by atoms with Crippen molar-refractivity contribution in [2.45, 2.75) is 62.2 Å². The molecule has 1 saturated carbocycles. The monoisotopic (exact) mass is 223 g/mol. The van der Waals surface area contributed by atoms with Gasteiger partial charge in [0.05, 0.1) is 0 Å². The predicted molar refractivity (Wildman–Crippen MR) is 61.9 cm³/mol. The molecule has 0 radical (unpaired) electrons. The van der Waals surface area contributed by atoms with Crippen LogP contribution in [0.4, 0.5) is 0 Å². The minimum Gasteiger partial charge on any atom is -0.368 e. The first-order valence-electron chi connectivity index (χ1n) is 6.40. The molecule has 2 aliphatic heterocycles. The van der Waals surface area contributed by atoms with Gasteiger partial charge in [0, 0.05) is 18.1 Å². The number of nitrogens with one attached hydrogen (secondary N) is 1. The summed E-state index contributed by atoms with van der Waals surface area (Å²) in [6.45, 7) is 0. The highest BCUT2D eigenvalue weighted by Crippen LogP contribution is 2.41. The number of hydrogen-bond donors (Lipinski definition) is 2. The van der Waals surface area contributed by atoms with Gasteiger partial charge in [-0.15, -0.1) is 0 Å². The second-order valence-electron chi connectivity index (χ2n) is 5.82. The van der Waals surface area contributed by atoms with Crippen LogP contribution in [-0.2, 0) is 4.79 Å². The van der Waals surface area contributed by atoms with Crippen molar-refractivity contribution < 1.29 is 4.79 Å². The average Bonchev–Trinajstić information content (AvgIpc) is 3.00. The molecule has 1 amide bonds. The van der Waals surface area contributed by atoms with Gasteiger partial charge < -0.3 is 16.0 Å². The molecule has 0 aromatic heterocycles. The number of nitrogens with two attached hydrogens (primary N) is 1. The first kappa shape index (κ1) is 10.5. The number of hydrogen-bond acceptors (Lipinski definition) is 3. The van der Waals surface area contributed by atoms with E-state index in [-0.39, 0.29) is 5.91 Å². The standard InChI is InChI=1S/C12H21N3O/c1-15-9-4-5-10(15)7-12(6-9,11(13)16)14-8-2-3-8/h8-10,14H,2-7H2,1H3,(H2,13,16). The Morgan fingerprint density at radius 1 is 1.25 bits per heavy atom. The van der Waals surface area contributed by atoms with Crippen molar-refractivity contribution in [3.8, 4) is 0 Å². The smallest absolute Gasteiger partial charge is 0.237 e. The maximum absolute atomic E-state index is 11.8. The van der Waals surface area contributed by atoms with Crippen LogP contribution in [0.5, 0.6) is 0 Å². The number of amides is 1. The Morgan fingerprint density at radius 2 is 1.81 bits per heavy atom.